The summed E-state index contributed by atoms with van der Waals surface area (Å²) in [6.45, 7) is 22.4. The molecule has 0 aliphatic heterocycles. The van der Waals surface area contributed by atoms with Gasteiger partial charge in [-0.25, -0.2) is 4.98 Å². The van der Waals surface area contributed by atoms with E-state index in [-0.39, 0.29) is 42.8 Å². The van der Waals surface area contributed by atoms with Gasteiger partial charge in [0, 0.05) is 48.9 Å². The normalized spacial score (nSPS) is 12.1. The molecule has 0 saturated heterocycles. The number of rotatable bonds is 6. The third-order valence-electron chi connectivity index (χ3n) is 11.7. The van der Waals surface area contributed by atoms with E-state index in [2.05, 4.69) is 188 Å². The first kappa shape index (κ1) is 44.9. The number of fused-ring (bicyclic) bond motifs is 5. The average molecular weight is 1040 g/mol. The van der Waals surface area contributed by atoms with Crippen LogP contribution >= 0.6 is 11.3 Å². The van der Waals surface area contributed by atoms with Gasteiger partial charge in [-0.1, -0.05) is 129 Å². The Morgan fingerprint density at radius 3 is 2.02 bits per heavy atom. The molecule has 0 unspecified atom stereocenters. The van der Waals surface area contributed by atoms with Gasteiger partial charge in [-0.15, -0.1) is 65.4 Å². The summed E-state index contributed by atoms with van der Waals surface area (Å²) in [5.41, 5.74) is 15.2. The fourth-order valence-electron chi connectivity index (χ4n) is 8.28. The first-order chi connectivity index (χ1) is 30.2. The quantitative estimate of drug-likeness (QED) is 0.156. The standard InChI is InChI=1S/C42H38N3OS.C15H16N.Ir/c1-24(2)30-20-27(26-14-9-8-10-15-26)21-31(25(3)4)38(30)45-35-19-12-11-18-33(35)43-40(45)29-17-13-16-28-32-22-37-34(23-36(32)46-39(28)29)44-41(47-37)42(5,6)7;1-15(2,3)13-9-10-16-14(11-13)12-7-5-4-6-8-12;/h8-16,18-25H,1-7H3;4-7,9-11H,1-3H3;/q2*-1;. The van der Waals surface area contributed by atoms with Gasteiger partial charge in [-0.05, 0) is 87.2 Å². The van der Waals surface area contributed by atoms with Crippen molar-refractivity contribution in [3.05, 3.63) is 167 Å². The smallest absolute Gasteiger partial charge is 0.123 e. The van der Waals surface area contributed by atoms with Crippen LogP contribution in [-0.4, -0.2) is 19.5 Å². The van der Waals surface area contributed by atoms with Crippen molar-refractivity contribution in [3.63, 3.8) is 0 Å². The van der Waals surface area contributed by atoms with Crippen molar-refractivity contribution >= 4 is 54.5 Å². The Bertz CT molecular complexity index is 3220. The molecule has 0 spiro atoms. The Morgan fingerprint density at radius 1 is 0.641 bits per heavy atom. The number of imidazole rings is 1. The van der Waals surface area contributed by atoms with Crippen molar-refractivity contribution in [3.8, 4) is 39.5 Å². The fourth-order valence-corrected chi connectivity index (χ4v) is 9.33. The first-order valence-corrected chi connectivity index (χ1v) is 22.8. The Hall–Kier alpha value is -5.72. The molecule has 0 amide bonds. The van der Waals surface area contributed by atoms with E-state index in [1.54, 1.807) is 11.3 Å². The zero-order valence-corrected chi connectivity index (χ0v) is 41.5. The maximum atomic E-state index is 6.74. The van der Waals surface area contributed by atoms with Crippen LogP contribution in [0.15, 0.2) is 138 Å². The summed E-state index contributed by atoms with van der Waals surface area (Å²) < 4.78 is 10.3. The molecular formula is C57H54IrN4OS-2. The molecule has 6 aromatic carbocycles. The van der Waals surface area contributed by atoms with Crippen molar-refractivity contribution in [1.82, 2.24) is 19.5 Å². The molecule has 0 N–H and O–H groups in total. The van der Waals surface area contributed by atoms with Gasteiger partial charge in [0.15, 0.2) is 0 Å². The SMILES string of the molecule is CC(C)(C)c1ccnc(-c2[c-]cccc2)c1.CC(C)c1cc(-c2ccccc2)cc(C(C)C)c1-n1c(-c2[c-]ccc3c2oc2cc4nc(C(C)(C)C)sc4cc23)nc2ccccc21.[Ir]. The predicted molar refractivity (Wildman–Crippen MR) is 265 cm³/mol. The molecule has 4 aromatic heterocycles. The van der Waals surface area contributed by atoms with E-state index in [0.29, 0.717) is 0 Å². The minimum Gasteiger partial charge on any atom is -0.500 e. The van der Waals surface area contributed by atoms with Crippen LogP contribution in [0.3, 0.4) is 0 Å². The maximum absolute atomic E-state index is 6.74. The fraction of sp³-hybridized carbons (Fsp3) is 0.246. The van der Waals surface area contributed by atoms with Gasteiger partial charge in [0.2, 0.25) is 0 Å². The molecule has 4 heterocycles. The van der Waals surface area contributed by atoms with Crippen LogP contribution < -0.4 is 0 Å². The van der Waals surface area contributed by atoms with Crippen LogP contribution in [-0.2, 0) is 30.9 Å². The summed E-state index contributed by atoms with van der Waals surface area (Å²) in [7, 11) is 0. The number of hydrogen-bond donors (Lipinski definition) is 0. The maximum Gasteiger partial charge on any atom is 0.123 e. The number of benzene rings is 6. The van der Waals surface area contributed by atoms with Crippen molar-refractivity contribution < 1.29 is 24.5 Å². The topological polar surface area (TPSA) is 56.7 Å². The monoisotopic (exact) mass is 1040 g/mol. The van der Waals surface area contributed by atoms with Crippen LogP contribution in [0.2, 0.25) is 0 Å². The third-order valence-corrected chi connectivity index (χ3v) is 13.2. The molecule has 0 fully saturated rings. The molecule has 0 bridgehead atoms. The molecule has 1 radical (unpaired) electrons. The summed E-state index contributed by atoms with van der Waals surface area (Å²) in [6, 6.07) is 51.3. The van der Waals surface area contributed by atoms with Gasteiger partial charge in [0.1, 0.15) is 5.58 Å². The molecule has 64 heavy (non-hydrogen) atoms. The molecule has 10 aromatic rings. The Balaban J connectivity index is 0.000000279. The van der Waals surface area contributed by atoms with Gasteiger partial charge >= 0.3 is 0 Å². The van der Waals surface area contributed by atoms with Crippen LogP contribution in [0.25, 0.3) is 82.6 Å². The molecule has 10 rings (SSSR count). The number of thiazole rings is 1. The van der Waals surface area contributed by atoms with Gasteiger partial charge in [0.25, 0.3) is 0 Å². The third kappa shape index (κ3) is 8.62. The largest absolute Gasteiger partial charge is 0.500 e. The van der Waals surface area contributed by atoms with Crippen LogP contribution in [0.4, 0.5) is 0 Å². The second-order valence-corrected chi connectivity index (χ2v) is 20.2. The van der Waals surface area contributed by atoms with Crippen LogP contribution in [0.5, 0.6) is 0 Å². The molecule has 5 nitrogen and oxygen atoms in total. The number of aromatic nitrogens is 4. The minimum atomic E-state index is -0.00289. The van der Waals surface area contributed by atoms with Gasteiger partial charge in [-0.3, -0.25) is 4.98 Å². The number of nitrogens with zero attached hydrogens (tertiary/aromatic N) is 4. The minimum absolute atomic E-state index is 0. The summed E-state index contributed by atoms with van der Waals surface area (Å²) in [6.07, 6.45) is 1.87. The van der Waals surface area contributed by atoms with Gasteiger partial charge < -0.3 is 14.0 Å². The second-order valence-electron chi connectivity index (χ2n) is 19.2. The zero-order chi connectivity index (χ0) is 44.2. The Kier molecular flexibility index (Phi) is 12.4. The van der Waals surface area contributed by atoms with Crippen molar-refractivity contribution in [2.45, 2.75) is 91.9 Å². The number of furan rings is 1. The van der Waals surface area contributed by atoms with E-state index >= 15 is 0 Å². The van der Waals surface area contributed by atoms with Crippen molar-refractivity contribution in [2.75, 3.05) is 0 Å². The van der Waals surface area contributed by atoms with Crippen molar-refractivity contribution in [1.29, 1.82) is 0 Å². The van der Waals surface area contributed by atoms with E-state index in [0.717, 1.165) is 66.1 Å². The van der Waals surface area contributed by atoms with Crippen LogP contribution in [0, 0.1) is 12.1 Å². The van der Waals surface area contributed by atoms with E-state index < -0.39 is 0 Å². The number of pyridine rings is 1. The molecule has 7 heteroatoms. The summed E-state index contributed by atoms with van der Waals surface area (Å²) in [5, 5.41) is 3.28. The van der Waals surface area contributed by atoms with E-state index in [1.807, 2.05) is 36.5 Å². The van der Waals surface area contributed by atoms with Gasteiger partial charge in [-0.2, -0.15) is 0 Å². The molecule has 325 valence electrons. The number of hydrogen-bond acceptors (Lipinski definition) is 5. The van der Waals surface area contributed by atoms with E-state index in [1.165, 1.54) is 38.2 Å². The Labute approximate surface area is 395 Å². The predicted octanol–water partition coefficient (Wildman–Crippen LogP) is 16.1. The summed E-state index contributed by atoms with van der Waals surface area (Å²) >= 11 is 1.77. The van der Waals surface area contributed by atoms with E-state index in [9.17, 15) is 0 Å². The zero-order valence-electron chi connectivity index (χ0n) is 38.3. The van der Waals surface area contributed by atoms with E-state index in [4.69, 9.17) is 14.4 Å². The molecular weight excluding hydrogens is 981 g/mol. The van der Waals surface area contributed by atoms with Gasteiger partial charge in [0.05, 0.1) is 37.7 Å². The molecule has 0 aliphatic rings. The number of para-hydroxylation sites is 2. The summed E-state index contributed by atoms with van der Waals surface area (Å²) in [5.74, 6) is 1.40. The second kappa shape index (κ2) is 17.7. The van der Waals surface area contributed by atoms with Crippen LogP contribution in [0.1, 0.15) is 103 Å². The summed E-state index contributed by atoms with van der Waals surface area (Å²) in [4.78, 5) is 14.7. The first-order valence-electron chi connectivity index (χ1n) is 22.0. The Morgan fingerprint density at radius 2 is 1.34 bits per heavy atom. The van der Waals surface area contributed by atoms with Crippen molar-refractivity contribution in [2.24, 2.45) is 0 Å². The average Bonchev–Trinajstić information content (AvgIpc) is 3.99. The molecule has 0 aliphatic carbocycles. The molecule has 0 atom stereocenters. The molecule has 0 saturated carbocycles.